The fraction of sp³-hybridized carbons (Fsp3) is 0.522. The Hall–Kier alpha value is -2.14. The summed E-state index contributed by atoms with van der Waals surface area (Å²) in [6.07, 6.45) is 1.62. The number of methoxy groups -OCH3 is 1. The minimum Gasteiger partial charge on any atom is -0.394 e. The van der Waals surface area contributed by atoms with Gasteiger partial charge >= 0.3 is 0 Å². The van der Waals surface area contributed by atoms with Crippen molar-refractivity contribution in [2.24, 2.45) is 0 Å². The predicted octanol–water partition coefficient (Wildman–Crippen LogP) is 2.52. The number of hydrogen-bond donors (Lipinski definition) is 2. The molecule has 1 fully saturated rings. The number of nitrogens with zero attached hydrogens (tertiary/aromatic N) is 7. The second-order valence-electron chi connectivity index (χ2n) is 9.54. The van der Waals surface area contributed by atoms with Crippen LogP contribution < -0.4 is 0 Å². The molecule has 1 aliphatic rings. The minimum absolute atomic E-state index is 0.0928. The molecule has 3 aromatic rings. The Morgan fingerprint density at radius 3 is 2.79 bits per heavy atom. The summed E-state index contributed by atoms with van der Waals surface area (Å²) in [7, 11) is 2.95. The van der Waals surface area contributed by atoms with E-state index in [0.717, 1.165) is 11.8 Å². The molecular formula is C23H28BrClFN7O5S. The number of alkyl halides is 1. The van der Waals surface area contributed by atoms with Crippen LogP contribution in [0, 0.1) is 0 Å². The van der Waals surface area contributed by atoms with Crippen molar-refractivity contribution in [1.29, 1.82) is 0 Å². The number of aliphatic hydroxyl groups excluding tert-OH is 2. The highest BCUT2D eigenvalue weighted by Crippen LogP contribution is 2.41. The predicted molar refractivity (Wildman–Crippen MR) is 144 cm³/mol. The SMILES string of the molecule is COC1[C@@H](Sc2cc(Br)cnc2C(=O)N(C)CC(C)(C)F)OC(CO)[C@H](O)[C@@H]1n1cc(-n2ccc(Cl)n2)nn1. The first-order valence-corrected chi connectivity index (χ1v) is 13.8. The molecule has 0 spiro atoms. The Morgan fingerprint density at radius 2 is 2.18 bits per heavy atom. The van der Waals surface area contributed by atoms with Crippen LogP contribution in [0.5, 0.6) is 0 Å². The van der Waals surface area contributed by atoms with Gasteiger partial charge in [0.15, 0.2) is 11.0 Å². The van der Waals surface area contributed by atoms with Crippen LogP contribution >= 0.6 is 39.3 Å². The molecule has 2 unspecified atom stereocenters. The maximum atomic E-state index is 14.2. The molecule has 4 heterocycles. The van der Waals surface area contributed by atoms with Gasteiger partial charge in [-0.15, -0.1) is 5.10 Å². The summed E-state index contributed by atoms with van der Waals surface area (Å²) in [4.78, 5) is 19.2. The van der Waals surface area contributed by atoms with Gasteiger partial charge in [-0.05, 0) is 41.9 Å². The maximum Gasteiger partial charge on any atom is 0.273 e. The number of aliphatic hydroxyl groups is 2. The Balaban J connectivity index is 1.66. The lowest BCUT2D eigenvalue weighted by Gasteiger charge is -2.43. The first-order valence-electron chi connectivity index (χ1n) is 11.8. The first kappa shape index (κ1) is 29.8. The first-order chi connectivity index (χ1) is 18.4. The van der Waals surface area contributed by atoms with E-state index in [2.05, 4.69) is 36.3 Å². The van der Waals surface area contributed by atoms with Gasteiger partial charge in [-0.1, -0.05) is 28.6 Å². The number of pyridine rings is 1. The molecule has 2 N–H and O–H groups in total. The molecule has 0 radical (unpaired) electrons. The molecule has 0 aromatic carbocycles. The van der Waals surface area contributed by atoms with Crippen molar-refractivity contribution in [3.05, 3.63) is 46.0 Å². The van der Waals surface area contributed by atoms with Crippen LogP contribution in [0.15, 0.2) is 40.1 Å². The summed E-state index contributed by atoms with van der Waals surface area (Å²) in [6.45, 7) is 2.15. The zero-order chi connectivity index (χ0) is 28.5. The van der Waals surface area contributed by atoms with Crippen LogP contribution in [-0.2, 0) is 9.47 Å². The highest BCUT2D eigenvalue weighted by atomic mass is 79.9. The fourth-order valence-electron chi connectivity index (χ4n) is 4.27. The lowest BCUT2D eigenvalue weighted by molar-refractivity contribution is -0.186. The molecule has 16 heteroatoms. The van der Waals surface area contributed by atoms with Gasteiger partial charge in [-0.2, -0.15) is 5.10 Å². The number of carbonyl (C=O) groups excluding carboxylic acids is 1. The van der Waals surface area contributed by atoms with Crippen LogP contribution in [0.3, 0.4) is 0 Å². The van der Waals surface area contributed by atoms with Gasteiger partial charge in [0.1, 0.15) is 41.2 Å². The Kier molecular flexibility index (Phi) is 9.30. The molecule has 1 aliphatic heterocycles. The van der Waals surface area contributed by atoms with E-state index in [9.17, 15) is 19.4 Å². The number of aromatic nitrogens is 6. The van der Waals surface area contributed by atoms with Gasteiger partial charge in [0, 0.05) is 35.9 Å². The van der Waals surface area contributed by atoms with E-state index in [1.54, 1.807) is 24.5 Å². The van der Waals surface area contributed by atoms with Gasteiger partial charge in [-0.3, -0.25) is 4.79 Å². The average Bonchev–Trinajstić information content (AvgIpc) is 3.52. The summed E-state index contributed by atoms with van der Waals surface area (Å²) in [5.74, 6) is -0.127. The van der Waals surface area contributed by atoms with Crippen LogP contribution in [0.2, 0.25) is 5.15 Å². The van der Waals surface area contributed by atoms with Crippen molar-refractivity contribution in [3.63, 3.8) is 0 Å². The molecule has 0 saturated carbocycles. The summed E-state index contributed by atoms with van der Waals surface area (Å²) in [6, 6.07) is 2.45. The molecule has 39 heavy (non-hydrogen) atoms. The van der Waals surface area contributed by atoms with Gasteiger partial charge < -0.3 is 24.6 Å². The third-order valence-corrected chi connectivity index (χ3v) is 7.73. The molecule has 0 bridgehead atoms. The van der Waals surface area contributed by atoms with Crippen molar-refractivity contribution in [1.82, 2.24) is 34.7 Å². The summed E-state index contributed by atoms with van der Waals surface area (Å²) >= 11 is 10.4. The normalized spacial score (nSPS) is 23.7. The second kappa shape index (κ2) is 12.2. The topological polar surface area (TPSA) is 141 Å². The third kappa shape index (κ3) is 6.78. The van der Waals surface area contributed by atoms with Gasteiger partial charge in [0.25, 0.3) is 5.91 Å². The van der Waals surface area contributed by atoms with Crippen molar-refractivity contribution in [3.8, 4) is 5.82 Å². The highest BCUT2D eigenvalue weighted by molar-refractivity contribution is 9.10. The van der Waals surface area contributed by atoms with Crippen LogP contribution in [-0.4, -0.2) is 108 Å². The van der Waals surface area contributed by atoms with Gasteiger partial charge in [0.05, 0.1) is 19.3 Å². The minimum atomic E-state index is -1.60. The lowest BCUT2D eigenvalue weighted by Crippen LogP contribution is -2.55. The van der Waals surface area contributed by atoms with Gasteiger partial charge in [-0.25, -0.2) is 18.7 Å². The molecule has 3 aromatic heterocycles. The van der Waals surface area contributed by atoms with E-state index in [4.69, 9.17) is 21.1 Å². The summed E-state index contributed by atoms with van der Waals surface area (Å²) < 4.78 is 29.5. The molecule has 4 rings (SSSR count). The molecule has 1 saturated heterocycles. The molecular weight excluding hydrogens is 621 g/mol. The van der Waals surface area contributed by atoms with E-state index in [0.29, 0.717) is 15.2 Å². The van der Waals surface area contributed by atoms with Crippen molar-refractivity contribution >= 4 is 45.2 Å². The van der Waals surface area contributed by atoms with Crippen molar-refractivity contribution < 1.29 is 28.9 Å². The molecule has 5 atom stereocenters. The summed E-state index contributed by atoms with van der Waals surface area (Å²) in [5, 5.41) is 33.7. The monoisotopic (exact) mass is 647 g/mol. The van der Waals surface area contributed by atoms with Gasteiger partial charge in [0.2, 0.25) is 0 Å². The van der Waals surface area contributed by atoms with Crippen molar-refractivity contribution in [2.75, 3.05) is 27.3 Å². The molecule has 212 valence electrons. The fourth-order valence-corrected chi connectivity index (χ4v) is 6.19. The number of thioether (sulfide) groups is 1. The zero-order valence-electron chi connectivity index (χ0n) is 21.5. The third-order valence-electron chi connectivity index (χ3n) is 5.92. The largest absolute Gasteiger partial charge is 0.394 e. The quantitative estimate of drug-likeness (QED) is 0.356. The zero-order valence-corrected chi connectivity index (χ0v) is 24.6. The van der Waals surface area contributed by atoms with Crippen LogP contribution in [0.4, 0.5) is 4.39 Å². The standard InChI is InChI=1S/C23H28BrClFN7O5S/c1-23(2,26)11-31(3)21(36)17-14(7-12(24)8-27-17)39-22-20(37-4)18(19(35)13(10-34)38-22)33-9-16(28-30-33)32-6-5-15(25)29-32/h5-9,13,18-20,22,34-35H,10-11H2,1-4H3/t13?,18-,19-,20?,22+/m0/s1. The number of halogens is 3. The van der Waals surface area contributed by atoms with E-state index < -0.39 is 48.0 Å². The Bertz CT molecular complexity index is 1310. The van der Waals surface area contributed by atoms with Crippen LogP contribution in [0.1, 0.15) is 30.4 Å². The number of amides is 1. The Morgan fingerprint density at radius 1 is 1.44 bits per heavy atom. The van der Waals surface area contributed by atoms with E-state index >= 15 is 0 Å². The maximum absolute atomic E-state index is 14.2. The lowest BCUT2D eigenvalue weighted by atomic mass is 9.97. The number of hydrogen-bond acceptors (Lipinski definition) is 10. The van der Waals surface area contributed by atoms with Crippen molar-refractivity contribution in [2.45, 2.75) is 54.2 Å². The van der Waals surface area contributed by atoms with Crippen LogP contribution in [0.25, 0.3) is 5.82 Å². The second-order valence-corrected chi connectivity index (χ2v) is 12.0. The summed E-state index contributed by atoms with van der Waals surface area (Å²) in [5.41, 5.74) is -2.33. The van der Waals surface area contributed by atoms with E-state index in [1.165, 1.54) is 48.5 Å². The molecule has 12 nitrogen and oxygen atoms in total. The number of ether oxygens (including phenoxy) is 2. The van der Waals surface area contributed by atoms with E-state index in [-0.39, 0.29) is 17.4 Å². The molecule has 1 amide bonds. The number of carbonyl (C=O) groups is 1. The Labute approximate surface area is 241 Å². The highest BCUT2D eigenvalue weighted by Gasteiger charge is 2.48. The smallest absolute Gasteiger partial charge is 0.273 e. The average molecular weight is 649 g/mol. The molecule has 0 aliphatic carbocycles. The number of rotatable bonds is 9. The van der Waals surface area contributed by atoms with E-state index in [1.807, 2.05) is 0 Å².